The Labute approximate surface area is 93.2 Å². The van der Waals surface area contributed by atoms with Crippen molar-refractivity contribution in [2.75, 3.05) is 7.11 Å². The Morgan fingerprint density at radius 1 is 1.62 bits per heavy atom. The van der Waals surface area contributed by atoms with Gasteiger partial charge in [0, 0.05) is 6.08 Å². The van der Waals surface area contributed by atoms with Gasteiger partial charge in [0.1, 0.15) is 0 Å². The van der Waals surface area contributed by atoms with Crippen molar-refractivity contribution in [1.29, 1.82) is 5.26 Å². The van der Waals surface area contributed by atoms with Crippen molar-refractivity contribution in [1.82, 2.24) is 0 Å². The quantitative estimate of drug-likeness (QED) is 0.429. The first-order valence-corrected chi connectivity index (χ1v) is 4.39. The van der Waals surface area contributed by atoms with Gasteiger partial charge in [-0.3, -0.25) is 0 Å². The van der Waals surface area contributed by atoms with E-state index in [-0.39, 0.29) is 0 Å². The van der Waals surface area contributed by atoms with Gasteiger partial charge >= 0.3 is 5.97 Å². The van der Waals surface area contributed by atoms with E-state index < -0.39 is 5.97 Å². The molecule has 78 valence electrons. The third-order valence-electron chi connectivity index (χ3n) is 1.88. The predicted molar refractivity (Wildman–Crippen MR) is 58.5 cm³/mol. The van der Waals surface area contributed by atoms with Crippen LogP contribution in [-0.4, -0.2) is 13.1 Å². The summed E-state index contributed by atoms with van der Waals surface area (Å²) >= 11 is 0. The number of ether oxygens (including phenoxy) is 1. The Hall–Kier alpha value is -2.59. The maximum absolute atomic E-state index is 10.9. The van der Waals surface area contributed by atoms with Gasteiger partial charge in [0.15, 0.2) is 5.69 Å². The third kappa shape index (κ3) is 2.70. The molecule has 0 aromatic heterocycles. The monoisotopic (exact) mass is 212 g/mol. The lowest BCUT2D eigenvalue weighted by atomic mass is 10.1. The summed E-state index contributed by atoms with van der Waals surface area (Å²) in [5.74, 6) is -0.502. The maximum atomic E-state index is 10.9. The van der Waals surface area contributed by atoms with Crippen molar-refractivity contribution in [2.24, 2.45) is 0 Å². The molecule has 0 aliphatic rings. The van der Waals surface area contributed by atoms with Crippen molar-refractivity contribution < 1.29 is 9.53 Å². The maximum Gasteiger partial charge on any atom is 0.330 e. The highest BCUT2D eigenvalue weighted by molar-refractivity contribution is 5.88. The van der Waals surface area contributed by atoms with Crippen LogP contribution in [0.15, 0.2) is 24.3 Å². The lowest BCUT2D eigenvalue weighted by Crippen LogP contribution is -1.93. The first kappa shape index (κ1) is 11.5. The number of benzene rings is 1. The summed E-state index contributed by atoms with van der Waals surface area (Å²) in [5, 5.41) is 8.71. The molecule has 0 N–H and O–H groups in total. The largest absolute Gasteiger partial charge is 0.466 e. The molecule has 0 heterocycles. The Morgan fingerprint density at radius 2 is 2.38 bits per heavy atom. The molecule has 0 spiro atoms. The zero-order valence-electron chi connectivity index (χ0n) is 8.60. The minimum Gasteiger partial charge on any atom is -0.466 e. The fraction of sp³-hybridized carbons (Fsp3) is 0.0833. The molecule has 1 rings (SSSR count). The molecule has 0 aliphatic heterocycles. The van der Waals surface area contributed by atoms with E-state index >= 15 is 0 Å². The molecule has 1 aromatic rings. The van der Waals surface area contributed by atoms with E-state index in [9.17, 15) is 4.79 Å². The van der Waals surface area contributed by atoms with E-state index in [1.807, 2.05) is 6.07 Å². The standard InChI is InChI=1S/C12H8N2O2/c1-14-11-5-3-9(8-13)7-10(11)4-6-12(15)16-2/h3-7H,2H3/b6-4+. The van der Waals surface area contributed by atoms with Gasteiger partial charge in [-0.2, -0.15) is 5.26 Å². The van der Waals surface area contributed by atoms with Crippen LogP contribution in [0.2, 0.25) is 0 Å². The second-order valence-electron chi connectivity index (χ2n) is 2.85. The highest BCUT2D eigenvalue weighted by Gasteiger charge is 2.01. The molecule has 0 aliphatic carbocycles. The lowest BCUT2D eigenvalue weighted by molar-refractivity contribution is -0.134. The molecule has 0 unspecified atom stereocenters. The fourth-order valence-corrected chi connectivity index (χ4v) is 1.09. The normalized spacial score (nSPS) is 9.44. The van der Waals surface area contributed by atoms with Gasteiger partial charge in [-0.05, 0) is 11.6 Å². The van der Waals surface area contributed by atoms with Gasteiger partial charge in [0.05, 0.1) is 25.3 Å². The van der Waals surface area contributed by atoms with Gasteiger partial charge in [0.25, 0.3) is 0 Å². The number of rotatable bonds is 2. The first-order chi connectivity index (χ1) is 7.71. The molecule has 0 saturated carbocycles. The number of nitriles is 1. The van der Waals surface area contributed by atoms with Crippen LogP contribution in [0.5, 0.6) is 0 Å². The molecule has 4 heteroatoms. The third-order valence-corrected chi connectivity index (χ3v) is 1.88. The summed E-state index contributed by atoms with van der Waals surface area (Å²) in [7, 11) is 1.27. The average molecular weight is 212 g/mol. The van der Waals surface area contributed by atoms with Gasteiger partial charge in [-0.15, -0.1) is 0 Å². The highest BCUT2D eigenvalue weighted by Crippen LogP contribution is 2.21. The van der Waals surface area contributed by atoms with Crippen molar-refractivity contribution in [3.05, 3.63) is 46.8 Å². The second-order valence-corrected chi connectivity index (χ2v) is 2.85. The Kier molecular flexibility index (Phi) is 3.83. The summed E-state index contributed by atoms with van der Waals surface area (Å²) in [6.45, 7) is 6.93. The summed E-state index contributed by atoms with van der Waals surface area (Å²) in [6.07, 6.45) is 2.67. The van der Waals surface area contributed by atoms with E-state index in [1.165, 1.54) is 19.3 Å². The minimum atomic E-state index is -0.502. The number of carbonyl (C=O) groups excluding carboxylic acids is 1. The van der Waals surface area contributed by atoms with Crippen LogP contribution >= 0.6 is 0 Å². The Morgan fingerprint density at radius 3 is 2.94 bits per heavy atom. The van der Waals surface area contributed by atoms with Crippen LogP contribution < -0.4 is 0 Å². The van der Waals surface area contributed by atoms with Crippen molar-refractivity contribution in [3.8, 4) is 6.07 Å². The zero-order chi connectivity index (χ0) is 12.0. The lowest BCUT2D eigenvalue weighted by Gasteiger charge is -1.98. The zero-order valence-corrected chi connectivity index (χ0v) is 8.60. The van der Waals surface area contributed by atoms with Crippen LogP contribution in [0.25, 0.3) is 10.9 Å². The number of hydrogen-bond donors (Lipinski definition) is 0. The summed E-state index contributed by atoms with van der Waals surface area (Å²) in [6, 6.07) is 6.62. The SMILES string of the molecule is [C-]#[N+]c1ccc(C#N)cc1/C=C/C(=O)OC. The van der Waals surface area contributed by atoms with Gasteiger partial charge in [-0.1, -0.05) is 18.2 Å². The highest BCUT2D eigenvalue weighted by atomic mass is 16.5. The smallest absolute Gasteiger partial charge is 0.330 e. The molecular weight excluding hydrogens is 204 g/mol. The van der Waals surface area contributed by atoms with Crippen LogP contribution in [0, 0.1) is 17.9 Å². The summed E-state index contributed by atoms with van der Waals surface area (Å²) < 4.78 is 4.43. The number of carbonyl (C=O) groups is 1. The van der Waals surface area contributed by atoms with Crippen LogP contribution in [0.1, 0.15) is 11.1 Å². The summed E-state index contributed by atoms with van der Waals surface area (Å²) in [5.41, 5.74) is 1.36. The molecule has 0 saturated heterocycles. The van der Waals surface area contributed by atoms with Crippen molar-refractivity contribution in [2.45, 2.75) is 0 Å². The molecule has 4 nitrogen and oxygen atoms in total. The minimum absolute atomic E-state index is 0.388. The first-order valence-electron chi connectivity index (χ1n) is 4.39. The number of nitrogens with zero attached hydrogens (tertiary/aromatic N) is 2. The Balaban J connectivity index is 3.12. The van der Waals surface area contributed by atoms with E-state index in [4.69, 9.17) is 11.8 Å². The van der Waals surface area contributed by atoms with Crippen LogP contribution in [0.3, 0.4) is 0 Å². The van der Waals surface area contributed by atoms with E-state index in [1.54, 1.807) is 18.2 Å². The summed E-state index contributed by atoms with van der Waals surface area (Å²) in [4.78, 5) is 14.2. The Bertz CT molecular complexity index is 519. The van der Waals surface area contributed by atoms with E-state index in [2.05, 4.69) is 9.58 Å². The van der Waals surface area contributed by atoms with Crippen molar-refractivity contribution in [3.63, 3.8) is 0 Å². The molecule has 1 aromatic carbocycles. The number of hydrogen-bond acceptors (Lipinski definition) is 3. The fourth-order valence-electron chi connectivity index (χ4n) is 1.09. The van der Waals surface area contributed by atoms with Crippen LogP contribution in [0.4, 0.5) is 5.69 Å². The van der Waals surface area contributed by atoms with Crippen molar-refractivity contribution >= 4 is 17.7 Å². The molecule has 0 bridgehead atoms. The molecule has 16 heavy (non-hydrogen) atoms. The molecule has 0 atom stereocenters. The molecule has 0 radical (unpaired) electrons. The molecular formula is C12H8N2O2. The average Bonchev–Trinajstić information content (AvgIpc) is 2.35. The second kappa shape index (κ2) is 5.33. The van der Waals surface area contributed by atoms with Gasteiger partial charge in [-0.25, -0.2) is 9.64 Å². The van der Waals surface area contributed by atoms with Gasteiger partial charge < -0.3 is 4.74 Å². The topological polar surface area (TPSA) is 54.5 Å². The number of methoxy groups -OCH3 is 1. The van der Waals surface area contributed by atoms with E-state index in [0.29, 0.717) is 16.8 Å². The molecule has 0 fully saturated rings. The van der Waals surface area contributed by atoms with Gasteiger partial charge in [0.2, 0.25) is 0 Å². The molecule has 0 amide bonds. The van der Waals surface area contributed by atoms with E-state index in [0.717, 1.165) is 0 Å². The number of esters is 1. The predicted octanol–water partition coefficient (Wildman–Crippen LogP) is 2.30. The van der Waals surface area contributed by atoms with Crippen LogP contribution in [-0.2, 0) is 9.53 Å².